The third-order valence-corrected chi connectivity index (χ3v) is 3.15. The standard InChI is InChI=1S/C12H22N4O2/c1-4-13-8(3)11-15-16-12(18-11)14-9-6-10(7-9)17-5-2/h8-10,13H,4-7H2,1-3H3,(H,14,16). The summed E-state index contributed by atoms with van der Waals surface area (Å²) in [5, 5.41) is 14.5. The molecule has 1 unspecified atom stereocenters. The lowest BCUT2D eigenvalue weighted by Crippen LogP contribution is -2.40. The second-order valence-electron chi connectivity index (χ2n) is 4.61. The summed E-state index contributed by atoms with van der Waals surface area (Å²) in [7, 11) is 0. The highest BCUT2D eigenvalue weighted by molar-refractivity contribution is 5.22. The van der Waals surface area contributed by atoms with Crippen LogP contribution in [0, 0.1) is 0 Å². The molecule has 18 heavy (non-hydrogen) atoms. The van der Waals surface area contributed by atoms with Gasteiger partial charge in [-0.2, -0.15) is 0 Å². The van der Waals surface area contributed by atoms with Crippen LogP contribution in [-0.4, -0.2) is 35.5 Å². The Morgan fingerprint density at radius 2 is 2.17 bits per heavy atom. The molecule has 1 heterocycles. The van der Waals surface area contributed by atoms with Gasteiger partial charge in [0.25, 0.3) is 0 Å². The summed E-state index contributed by atoms with van der Waals surface area (Å²) in [6.07, 6.45) is 2.40. The molecule has 0 amide bonds. The van der Waals surface area contributed by atoms with E-state index < -0.39 is 0 Å². The monoisotopic (exact) mass is 254 g/mol. The van der Waals surface area contributed by atoms with Gasteiger partial charge in [0, 0.05) is 12.6 Å². The average Bonchev–Trinajstić information content (AvgIpc) is 2.75. The third kappa shape index (κ3) is 3.20. The Morgan fingerprint density at radius 1 is 1.39 bits per heavy atom. The van der Waals surface area contributed by atoms with Crippen LogP contribution >= 0.6 is 0 Å². The number of hydrogen-bond donors (Lipinski definition) is 2. The van der Waals surface area contributed by atoms with Crippen molar-refractivity contribution >= 4 is 6.01 Å². The number of nitrogens with zero attached hydrogens (tertiary/aromatic N) is 2. The molecule has 0 spiro atoms. The van der Waals surface area contributed by atoms with Gasteiger partial charge in [-0.1, -0.05) is 12.0 Å². The Hall–Kier alpha value is -1.14. The maximum atomic E-state index is 5.56. The molecule has 1 aromatic heterocycles. The minimum absolute atomic E-state index is 0.0932. The van der Waals surface area contributed by atoms with E-state index in [-0.39, 0.29) is 6.04 Å². The highest BCUT2D eigenvalue weighted by atomic mass is 16.5. The van der Waals surface area contributed by atoms with E-state index in [1.54, 1.807) is 0 Å². The fourth-order valence-electron chi connectivity index (χ4n) is 2.09. The molecule has 1 aromatic rings. The predicted octanol–water partition coefficient (Wildman–Crippen LogP) is 1.72. The molecule has 1 saturated carbocycles. The molecule has 102 valence electrons. The Kier molecular flexibility index (Phi) is 4.54. The average molecular weight is 254 g/mol. The smallest absolute Gasteiger partial charge is 0.315 e. The van der Waals surface area contributed by atoms with Crippen molar-refractivity contribution in [3.8, 4) is 0 Å². The zero-order valence-corrected chi connectivity index (χ0v) is 11.3. The summed E-state index contributed by atoms with van der Waals surface area (Å²) >= 11 is 0. The van der Waals surface area contributed by atoms with Crippen molar-refractivity contribution in [2.45, 2.75) is 51.8 Å². The molecule has 0 aromatic carbocycles. The summed E-state index contributed by atoms with van der Waals surface area (Å²) in [5.41, 5.74) is 0. The minimum atomic E-state index is 0.0932. The van der Waals surface area contributed by atoms with Gasteiger partial charge >= 0.3 is 6.01 Å². The Balaban J connectivity index is 1.77. The summed E-state index contributed by atoms with van der Waals surface area (Å²) in [6, 6.07) is 0.995. The van der Waals surface area contributed by atoms with E-state index in [4.69, 9.17) is 9.15 Å². The number of rotatable bonds is 7. The highest BCUT2D eigenvalue weighted by Crippen LogP contribution is 2.26. The maximum absolute atomic E-state index is 5.56. The van der Waals surface area contributed by atoms with Crippen LogP contribution in [0.1, 0.15) is 45.5 Å². The number of nitrogens with one attached hydrogen (secondary N) is 2. The molecule has 6 heteroatoms. The van der Waals surface area contributed by atoms with Gasteiger partial charge in [0.05, 0.1) is 12.1 Å². The molecule has 1 atom stereocenters. The van der Waals surface area contributed by atoms with Gasteiger partial charge in [-0.15, -0.1) is 5.10 Å². The highest BCUT2D eigenvalue weighted by Gasteiger charge is 2.30. The van der Waals surface area contributed by atoms with Gasteiger partial charge in [-0.25, -0.2) is 0 Å². The van der Waals surface area contributed by atoms with Crippen LogP contribution in [0.15, 0.2) is 4.42 Å². The van der Waals surface area contributed by atoms with Crippen molar-refractivity contribution in [1.82, 2.24) is 15.5 Å². The van der Waals surface area contributed by atoms with Gasteiger partial charge in [-0.05, 0) is 33.2 Å². The summed E-state index contributed by atoms with van der Waals surface area (Å²) in [6.45, 7) is 7.74. The Bertz CT molecular complexity index is 363. The van der Waals surface area contributed by atoms with E-state index in [9.17, 15) is 0 Å². The molecule has 0 radical (unpaired) electrons. The van der Waals surface area contributed by atoms with E-state index in [1.165, 1.54) is 0 Å². The molecule has 1 aliphatic rings. The van der Waals surface area contributed by atoms with Crippen molar-refractivity contribution in [1.29, 1.82) is 0 Å². The van der Waals surface area contributed by atoms with Gasteiger partial charge in [0.1, 0.15) is 0 Å². The van der Waals surface area contributed by atoms with Crippen LogP contribution < -0.4 is 10.6 Å². The van der Waals surface area contributed by atoms with Crippen molar-refractivity contribution < 1.29 is 9.15 Å². The first-order valence-corrected chi connectivity index (χ1v) is 6.67. The molecule has 0 aliphatic heterocycles. The fraction of sp³-hybridized carbons (Fsp3) is 0.833. The van der Waals surface area contributed by atoms with E-state index in [2.05, 4.69) is 20.8 Å². The van der Waals surface area contributed by atoms with E-state index >= 15 is 0 Å². The lowest BCUT2D eigenvalue weighted by molar-refractivity contribution is 0.00255. The number of aromatic nitrogens is 2. The van der Waals surface area contributed by atoms with Gasteiger partial charge in [-0.3, -0.25) is 0 Å². The van der Waals surface area contributed by atoms with Crippen LogP contribution in [0.25, 0.3) is 0 Å². The molecular formula is C12H22N4O2. The molecular weight excluding hydrogens is 232 g/mol. The minimum Gasteiger partial charge on any atom is -0.406 e. The van der Waals surface area contributed by atoms with Crippen molar-refractivity contribution in [2.24, 2.45) is 0 Å². The summed E-state index contributed by atoms with van der Waals surface area (Å²) in [4.78, 5) is 0. The molecule has 0 saturated heterocycles. The zero-order chi connectivity index (χ0) is 13.0. The first-order valence-electron chi connectivity index (χ1n) is 6.67. The SMILES string of the molecule is CCNC(C)c1nnc(NC2CC(OCC)C2)o1. The zero-order valence-electron chi connectivity index (χ0n) is 11.3. The molecule has 1 aliphatic carbocycles. The normalized spacial score (nSPS) is 24.6. The molecule has 2 N–H and O–H groups in total. The largest absolute Gasteiger partial charge is 0.406 e. The second kappa shape index (κ2) is 6.15. The Labute approximate surface area is 107 Å². The lowest BCUT2D eigenvalue weighted by atomic mass is 9.89. The second-order valence-corrected chi connectivity index (χ2v) is 4.61. The van der Waals surface area contributed by atoms with Crippen molar-refractivity contribution in [3.63, 3.8) is 0 Å². The summed E-state index contributed by atoms with van der Waals surface area (Å²) in [5.74, 6) is 0.625. The molecule has 1 fully saturated rings. The number of hydrogen-bond acceptors (Lipinski definition) is 6. The van der Waals surface area contributed by atoms with E-state index in [1.807, 2.05) is 20.8 Å². The van der Waals surface area contributed by atoms with Gasteiger partial charge in [0.2, 0.25) is 5.89 Å². The van der Waals surface area contributed by atoms with Gasteiger partial charge < -0.3 is 19.8 Å². The van der Waals surface area contributed by atoms with Gasteiger partial charge in [0.15, 0.2) is 0 Å². The molecule has 2 rings (SSSR count). The van der Waals surface area contributed by atoms with Crippen LogP contribution in [0.4, 0.5) is 6.01 Å². The summed E-state index contributed by atoms with van der Waals surface area (Å²) < 4.78 is 11.1. The van der Waals surface area contributed by atoms with Crippen molar-refractivity contribution in [3.05, 3.63) is 5.89 Å². The van der Waals surface area contributed by atoms with Crippen LogP contribution in [-0.2, 0) is 4.74 Å². The fourth-order valence-corrected chi connectivity index (χ4v) is 2.09. The van der Waals surface area contributed by atoms with Crippen molar-refractivity contribution in [2.75, 3.05) is 18.5 Å². The first kappa shape index (κ1) is 13.3. The van der Waals surface area contributed by atoms with E-state index in [0.29, 0.717) is 24.1 Å². The maximum Gasteiger partial charge on any atom is 0.315 e. The topological polar surface area (TPSA) is 72.2 Å². The third-order valence-electron chi connectivity index (χ3n) is 3.15. The lowest BCUT2D eigenvalue weighted by Gasteiger charge is -2.34. The predicted molar refractivity (Wildman–Crippen MR) is 68.4 cm³/mol. The molecule has 0 bridgehead atoms. The first-order chi connectivity index (χ1) is 8.72. The van der Waals surface area contributed by atoms with Crippen LogP contribution in [0.2, 0.25) is 0 Å². The van der Waals surface area contributed by atoms with Crippen LogP contribution in [0.5, 0.6) is 0 Å². The quantitative estimate of drug-likeness (QED) is 0.772. The number of anilines is 1. The van der Waals surface area contributed by atoms with Crippen LogP contribution in [0.3, 0.4) is 0 Å². The Morgan fingerprint density at radius 3 is 2.83 bits per heavy atom. The molecule has 6 nitrogen and oxygen atoms in total. The number of ether oxygens (including phenoxy) is 1. The van der Waals surface area contributed by atoms with E-state index in [0.717, 1.165) is 26.0 Å².